The molecule has 0 saturated carbocycles. The van der Waals surface area contributed by atoms with Crippen LogP contribution in [0.5, 0.6) is 11.5 Å². The van der Waals surface area contributed by atoms with Crippen molar-refractivity contribution in [2.24, 2.45) is 0 Å². The van der Waals surface area contributed by atoms with Gasteiger partial charge in [-0.2, -0.15) is 0 Å². The Kier molecular flexibility index (Phi) is 6.19. The third kappa shape index (κ3) is 4.26. The second-order valence-corrected chi connectivity index (χ2v) is 8.03. The summed E-state index contributed by atoms with van der Waals surface area (Å²) in [7, 11) is 0. The minimum atomic E-state index is -0.271. The summed E-state index contributed by atoms with van der Waals surface area (Å²) < 4.78 is 11.7. The van der Waals surface area contributed by atoms with Crippen molar-refractivity contribution in [3.8, 4) is 11.5 Å². The van der Waals surface area contributed by atoms with Crippen LogP contribution >= 0.6 is 11.6 Å². The Balaban J connectivity index is 1.93. The zero-order chi connectivity index (χ0) is 22.0. The molecule has 160 valence electrons. The fourth-order valence-electron chi connectivity index (χ4n) is 4.16. The molecule has 0 N–H and O–H groups in total. The van der Waals surface area contributed by atoms with Crippen LogP contribution in [0.1, 0.15) is 42.1 Å². The third-order valence-corrected chi connectivity index (χ3v) is 5.68. The number of fused-ring (bicyclic) bond motifs is 1. The number of carbonyl (C=O) groups is 1. The average Bonchev–Trinajstić information content (AvgIpc) is 2.75. The molecule has 3 aromatic rings. The van der Waals surface area contributed by atoms with E-state index in [0.29, 0.717) is 36.2 Å². The quantitative estimate of drug-likeness (QED) is 0.467. The van der Waals surface area contributed by atoms with Gasteiger partial charge in [-0.05, 0) is 73.9 Å². The van der Waals surface area contributed by atoms with Gasteiger partial charge in [0, 0.05) is 10.7 Å². The largest absolute Gasteiger partial charge is 0.490 e. The molecule has 5 heteroatoms. The third-order valence-electron chi connectivity index (χ3n) is 5.43. The summed E-state index contributed by atoms with van der Waals surface area (Å²) in [6.45, 7) is 7.03. The van der Waals surface area contributed by atoms with Crippen molar-refractivity contribution < 1.29 is 14.3 Å². The molecular weight excluding hydrogens is 410 g/mol. The molecule has 1 aliphatic rings. The first-order valence-corrected chi connectivity index (χ1v) is 11.0. The fourth-order valence-corrected chi connectivity index (χ4v) is 4.28. The Morgan fingerprint density at radius 3 is 2.29 bits per heavy atom. The molecule has 1 aliphatic heterocycles. The van der Waals surface area contributed by atoms with Crippen molar-refractivity contribution in [2.45, 2.75) is 33.2 Å². The number of nitrogens with zero attached hydrogens (tertiary/aromatic N) is 1. The lowest BCUT2D eigenvalue weighted by Crippen LogP contribution is -2.41. The summed E-state index contributed by atoms with van der Waals surface area (Å²) in [5, 5.41) is 0.640. The van der Waals surface area contributed by atoms with Gasteiger partial charge >= 0.3 is 0 Å². The molecule has 0 spiro atoms. The van der Waals surface area contributed by atoms with Crippen molar-refractivity contribution in [2.75, 3.05) is 18.1 Å². The molecule has 0 aromatic heterocycles. The molecule has 4 rings (SSSR count). The van der Waals surface area contributed by atoms with Crippen LogP contribution in [0, 0.1) is 6.92 Å². The minimum Gasteiger partial charge on any atom is -0.490 e. The highest BCUT2D eigenvalue weighted by Gasteiger charge is 2.36. The smallest absolute Gasteiger partial charge is 0.232 e. The van der Waals surface area contributed by atoms with Crippen molar-refractivity contribution in [1.29, 1.82) is 0 Å². The Labute approximate surface area is 188 Å². The van der Waals surface area contributed by atoms with E-state index in [2.05, 4.69) is 25.1 Å². The van der Waals surface area contributed by atoms with Gasteiger partial charge in [-0.15, -0.1) is 0 Å². The van der Waals surface area contributed by atoms with Gasteiger partial charge < -0.3 is 14.4 Å². The van der Waals surface area contributed by atoms with Gasteiger partial charge in [0.05, 0.1) is 25.7 Å². The van der Waals surface area contributed by atoms with Crippen molar-refractivity contribution >= 4 is 23.2 Å². The van der Waals surface area contributed by atoms with E-state index in [4.69, 9.17) is 21.1 Å². The van der Waals surface area contributed by atoms with Crippen LogP contribution in [0.25, 0.3) is 0 Å². The van der Waals surface area contributed by atoms with E-state index in [1.807, 2.05) is 61.2 Å². The molecular formula is C26H26ClNO3. The van der Waals surface area contributed by atoms with Gasteiger partial charge in [0.1, 0.15) is 0 Å². The number of anilines is 1. The van der Waals surface area contributed by atoms with Crippen LogP contribution in [0.3, 0.4) is 0 Å². The zero-order valence-corrected chi connectivity index (χ0v) is 18.8. The van der Waals surface area contributed by atoms with Gasteiger partial charge in [-0.1, -0.05) is 41.4 Å². The van der Waals surface area contributed by atoms with Crippen molar-refractivity contribution in [1.82, 2.24) is 0 Å². The lowest BCUT2D eigenvalue weighted by Gasteiger charge is -2.38. The molecule has 1 atom stereocenters. The lowest BCUT2D eigenvalue weighted by atomic mass is 9.86. The van der Waals surface area contributed by atoms with E-state index in [0.717, 1.165) is 27.9 Å². The Morgan fingerprint density at radius 2 is 1.65 bits per heavy atom. The first kappa shape index (κ1) is 21.3. The van der Waals surface area contributed by atoms with E-state index < -0.39 is 0 Å². The predicted molar refractivity (Wildman–Crippen MR) is 124 cm³/mol. The maximum absolute atomic E-state index is 13.4. The minimum absolute atomic E-state index is 0.0351. The Hall–Kier alpha value is -2.98. The summed E-state index contributed by atoms with van der Waals surface area (Å²) in [6.07, 6.45) is 0.298. The van der Waals surface area contributed by atoms with E-state index in [1.54, 1.807) is 0 Å². The average molecular weight is 436 g/mol. The van der Waals surface area contributed by atoms with Crippen LogP contribution in [0.15, 0.2) is 60.7 Å². The van der Waals surface area contributed by atoms with Crippen LogP contribution in [0.4, 0.5) is 5.69 Å². The molecule has 0 radical (unpaired) electrons. The summed E-state index contributed by atoms with van der Waals surface area (Å²) in [4.78, 5) is 15.3. The monoisotopic (exact) mass is 435 g/mol. The van der Waals surface area contributed by atoms with Gasteiger partial charge in [0.2, 0.25) is 5.91 Å². The molecule has 3 aromatic carbocycles. The number of aryl methyl sites for hydroxylation is 1. The highest BCUT2D eigenvalue weighted by Crippen LogP contribution is 2.43. The van der Waals surface area contributed by atoms with E-state index in [-0.39, 0.29) is 11.9 Å². The molecule has 0 aliphatic carbocycles. The second-order valence-electron chi connectivity index (χ2n) is 7.60. The lowest BCUT2D eigenvalue weighted by molar-refractivity contribution is -0.118. The molecule has 0 fully saturated rings. The van der Waals surface area contributed by atoms with Gasteiger partial charge in [-0.25, -0.2) is 0 Å². The predicted octanol–water partition coefficient (Wildman–Crippen LogP) is 6.12. The van der Waals surface area contributed by atoms with Gasteiger partial charge in [0.25, 0.3) is 0 Å². The Bertz CT molecular complexity index is 1090. The number of benzene rings is 3. The zero-order valence-electron chi connectivity index (χ0n) is 18.0. The molecule has 1 unspecified atom stereocenters. The summed E-state index contributed by atoms with van der Waals surface area (Å²) in [5.74, 6) is 1.41. The maximum atomic E-state index is 13.4. The Morgan fingerprint density at radius 1 is 0.968 bits per heavy atom. The topological polar surface area (TPSA) is 38.8 Å². The van der Waals surface area contributed by atoms with Crippen LogP contribution < -0.4 is 14.4 Å². The molecule has 1 heterocycles. The number of ether oxygens (including phenoxy) is 2. The SMILES string of the molecule is CCOc1cc2c(cc1OCC)C(c1cccc(C)c1)N(c1ccc(Cl)cc1)C(=O)C2. The molecule has 4 nitrogen and oxygen atoms in total. The molecule has 1 amide bonds. The number of rotatable bonds is 6. The van der Waals surface area contributed by atoms with Crippen LogP contribution in [-0.2, 0) is 11.2 Å². The van der Waals surface area contributed by atoms with Crippen molar-refractivity contribution in [3.05, 3.63) is 87.9 Å². The van der Waals surface area contributed by atoms with Crippen LogP contribution in [-0.4, -0.2) is 19.1 Å². The maximum Gasteiger partial charge on any atom is 0.232 e. The first-order valence-electron chi connectivity index (χ1n) is 10.6. The van der Waals surface area contributed by atoms with Gasteiger partial charge in [-0.3, -0.25) is 4.79 Å². The first-order chi connectivity index (χ1) is 15.0. The van der Waals surface area contributed by atoms with E-state index >= 15 is 0 Å². The number of hydrogen-bond donors (Lipinski definition) is 0. The highest BCUT2D eigenvalue weighted by molar-refractivity contribution is 6.30. The number of hydrogen-bond acceptors (Lipinski definition) is 3. The number of halogens is 1. The van der Waals surface area contributed by atoms with E-state index in [9.17, 15) is 4.79 Å². The highest BCUT2D eigenvalue weighted by atomic mass is 35.5. The van der Waals surface area contributed by atoms with E-state index in [1.165, 1.54) is 0 Å². The standard InChI is InChI=1S/C26H26ClNO3/c1-4-30-23-14-19-15-25(29)28(21-11-9-20(27)10-12-21)26(18-8-6-7-17(3)13-18)22(19)16-24(23)31-5-2/h6-14,16,26H,4-5,15H2,1-3H3. The summed E-state index contributed by atoms with van der Waals surface area (Å²) in [5.41, 5.74) is 5.03. The molecule has 0 bridgehead atoms. The normalized spacial score (nSPS) is 15.5. The van der Waals surface area contributed by atoms with Crippen molar-refractivity contribution in [3.63, 3.8) is 0 Å². The summed E-state index contributed by atoms with van der Waals surface area (Å²) >= 11 is 6.11. The van der Waals surface area contributed by atoms with Gasteiger partial charge in [0.15, 0.2) is 11.5 Å². The molecule has 31 heavy (non-hydrogen) atoms. The fraction of sp³-hybridized carbons (Fsp3) is 0.269. The second kappa shape index (κ2) is 9.03. The number of carbonyl (C=O) groups excluding carboxylic acids is 1. The molecule has 0 saturated heterocycles. The van der Waals surface area contributed by atoms with Crippen LogP contribution in [0.2, 0.25) is 5.02 Å². The summed E-state index contributed by atoms with van der Waals surface area (Å²) in [6, 6.07) is 19.4. The number of amides is 1.